The predicted molar refractivity (Wildman–Crippen MR) is 83.5 cm³/mol. The summed E-state index contributed by atoms with van der Waals surface area (Å²) < 4.78 is 1.37. The molecule has 0 atom stereocenters. The van der Waals surface area contributed by atoms with Gasteiger partial charge in [0.1, 0.15) is 0 Å². The first kappa shape index (κ1) is 11.0. The molecular formula is C16H13I. The highest BCUT2D eigenvalue weighted by atomic mass is 127. The third-order valence-corrected chi connectivity index (χ3v) is 4.49. The van der Waals surface area contributed by atoms with Gasteiger partial charge in [0.2, 0.25) is 0 Å². The van der Waals surface area contributed by atoms with Gasteiger partial charge in [0, 0.05) is 3.57 Å². The van der Waals surface area contributed by atoms with Gasteiger partial charge in [-0.25, -0.2) is 0 Å². The maximum absolute atomic E-state index is 2.47. The van der Waals surface area contributed by atoms with Crippen molar-refractivity contribution in [1.29, 1.82) is 0 Å². The molecule has 17 heavy (non-hydrogen) atoms. The molecule has 0 heterocycles. The summed E-state index contributed by atoms with van der Waals surface area (Å²) in [6, 6.07) is 17.4. The first-order chi connectivity index (χ1) is 8.33. The molecule has 0 aliphatic carbocycles. The van der Waals surface area contributed by atoms with E-state index in [2.05, 4.69) is 78.0 Å². The van der Waals surface area contributed by atoms with E-state index in [1.54, 1.807) is 0 Å². The molecular weight excluding hydrogens is 319 g/mol. The molecule has 0 aliphatic heterocycles. The van der Waals surface area contributed by atoms with Gasteiger partial charge in [0.15, 0.2) is 0 Å². The minimum absolute atomic E-state index is 1.08. The molecule has 1 heteroatoms. The Morgan fingerprint density at radius 2 is 1.18 bits per heavy atom. The second-order valence-electron chi connectivity index (χ2n) is 4.24. The summed E-state index contributed by atoms with van der Waals surface area (Å²) in [7, 11) is 0. The maximum Gasteiger partial charge on any atom is 0.0287 e. The second-order valence-corrected chi connectivity index (χ2v) is 5.32. The lowest BCUT2D eigenvalue weighted by Crippen LogP contribution is -1.90. The molecule has 3 rings (SSSR count). The molecule has 0 amide bonds. The monoisotopic (exact) mass is 332 g/mol. The molecule has 3 aromatic carbocycles. The highest BCUT2D eigenvalue weighted by Gasteiger charge is 2.09. The minimum atomic E-state index is 1.08. The van der Waals surface area contributed by atoms with Crippen molar-refractivity contribution in [3.8, 4) is 0 Å². The summed E-state index contributed by atoms with van der Waals surface area (Å²) in [5.74, 6) is 0. The van der Waals surface area contributed by atoms with Gasteiger partial charge in [-0.15, -0.1) is 0 Å². The Morgan fingerprint density at radius 3 is 1.59 bits per heavy atom. The maximum atomic E-state index is 2.47. The molecule has 0 saturated carbocycles. The summed E-state index contributed by atoms with van der Waals surface area (Å²) in [5.41, 5.74) is 1.47. The Balaban J connectivity index is 2.63. The molecule has 0 nitrogen and oxygen atoms in total. The van der Waals surface area contributed by atoms with Crippen LogP contribution in [0.3, 0.4) is 0 Å². The summed E-state index contributed by atoms with van der Waals surface area (Å²) >= 11 is 2.47. The number of halogens is 1. The van der Waals surface area contributed by atoms with Gasteiger partial charge >= 0.3 is 0 Å². The quantitative estimate of drug-likeness (QED) is 0.426. The van der Waals surface area contributed by atoms with Crippen LogP contribution in [0.4, 0.5) is 0 Å². The molecule has 0 spiro atoms. The van der Waals surface area contributed by atoms with Crippen LogP contribution in [0.15, 0.2) is 48.5 Å². The summed E-state index contributed by atoms with van der Waals surface area (Å²) in [6.45, 7) is 2.24. The van der Waals surface area contributed by atoms with Gasteiger partial charge in [-0.3, -0.25) is 0 Å². The van der Waals surface area contributed by atoms with E-state index in [4.69, 9.17) is 0 Å². The van der Waals surface area contributed by atoms with Crippen molar-refractivity contribution >= 4 is 44.1 Å². The van der Waals surface area contributed by atoms with Crippen molar-refractivity contribution in [2.75, 3.05) is 0 Å². The van der Waals surface area contributed by atoms with Crippen LogP contribution in [0.5, 0.6) is 0 Å². The van der Waals surface area contributed by atoms with Crippen molar-refractivity contribution in [2.45, 2.75) is 13.3 Å². The third-order valence-electron chi connectivity index (χ3n) is 3.33. The normalized spacial score (nSPS) is 11.2. The zero-order valence-electron chi connectivity index (χ0n) is 9.70. The summed E-state index contributed by atoms with van der Waals surface area (Å²) in [6.07, 6.45) is 1.08. The van der Waals surface area contributed by atoms with E-state index in [9.17, 15) is 0 Å². The number of rotatable bonds is 1. The lowest BCUT2D eigenvalue weighted by atomic mass is 9.95. The third kappa shape index (κ3) is 1.64. The van der Waals surface area contributed by atoms with E-state index >= 15 is 0 Å². The SMILES string of the molecule is CCc1c2ccccc2c(I)c2ccccc12. The molecule has 0 N–H and O–H groups in total. The van der Waals surface area contributed by atoms with Crippen LogP contribution in [-0.2, 0) is 6.42 Å². The van der Waals surface area contributed by atoms with Crippen molar-refractivity contribution < 1.29 is 0 Å². The molecule has 0 saturated heterocycles. The summed E-state index contributed by atoms with van der Waals surface area (Å²) in [4.78, 5) is 0. The molecule has 0 fully saturated rings. The van der Waals surface area contributed by atoms with E-state index < -0.39 is 0 Å². The highest BCUT2D eigenvalue weighted by Crippen LogP contribution is 2.33. The molecule has 84 valence electrons. The van der Waals surface area contributed by atoms with Crippen LogP contribution in [-0.4, -0.2) is 0 Å². The number of benzene rings is 3. The van der Waals surface area contributed by atoms with E-state index in [0.717, 1.165) is 6.42 Å². The first-order valence-electron chi connectivity index (χ1n) is 5.90. The Hall–Kier alpha value is -1.09. The van der Waals surface area contributed by atoms with Gasteiger partial charge < -0.3 is 0 Å². The van der Waals surface area contributed by atoms with Crippen LogP contribution in [0.2, 0.25) is 0 Å². The van der Waals surface area contributed by atoms with Crippen molar-refractivity contribution in [3.63, 3.8) is 0 Å². The second kappa shape index (κ2) is 4.30. The van der Waals surface area contributed by atoms with Gasteiger partial charge in [-0.2, -0.15) is 0 Å². The van der Waals surface area contributed by atoms with Crippen LogP contribution < -0.4 is 0 Å². The lowest BCUT2D eigenvalue weighted by molar-refractivity contribution is 1.18. The minimum Gasteiger partial charge on any atom is -0.0616 e. The number of aryl methyl sites for hydroxylation is 1. The van der Waals surface area contributed by atoms with E-state index in [1.165, 1.54) is 30.7 Å². The number of hydrogen-bond donors (Lipinski definition) is 0. The standard InChI is InChI=1S/C16H13I/c1-2-11-12-7-3-5-9-14(12)16(17)15-10-6-4-8-13(11)15/h3-10H,2H2,1H3. The molecule has 0 radical (unpaired) electrons. The Labute approximate surface area is 115 Å². The molecule has 0 aromatic heterocycles. The lowest BCUT2D eigenvalue weighted by Gasteiger charge is -2.12. The van der Waals surface area contributed by atoms with Gasteiger partial charge in [0.05, 0.1) is 0 Å². The van der Waals surface area contributed by atoms with Crippen LogP contribution in [0, 0.1) is 3.57 Å². The van der Waals surface area contributed by atoms with E-state index in [-0.39, 0.29) is 0 Å². The smallest absolute Gasteiger partial charge is 0.0287 e. The van der Waals surface area contributed by atoms with Crippen LogP contribution in [0.1, 0.15) is 12.5 Å². The zero-order chi connectivity index (χ0) is 11.8. The zero-order valence-corrected chi connectivity index (χ0v) is 11.9. The van der Waals surface area contributed by atoms with E-state index in [0.29, 0.717) is 0 Å². The van der Waals surface area contributed by atoms with Gasteiger partial charge in [-0.05, 0) is 56.1 Å². The average Bonchev–Trinajstić information content (AvgIpc) is 2.40. The fourth-order valence-corrected chi connectivity index (χ4v) is 3.49. The molecule has 0 bridgehead atoms. The van der Waals surface area contributed by atoms with E-state index in [1.807, 2.05) is 0 Å². The summed E-state index contributed by atoms with van der Waals surface area (Å²) in [5, 5.41) is 5.56. The largest absolute Gasteiger partial charge is 0.0616 e. The Morgan fingerprint density at radius 1 is 0.765 bits per heavy atom. The molecule has 0 aliphatic rings. The van der Waals surface area contributed by atoms with Gasteiger partial charge in [0.25, 0.3) is 0 Å². The predicted octanol–water partition coefficient (Wildman–Crippen LogP) is 5.16. The van der Waals surface area contributed by atoms with Crippen molar-refractivity contribution in [3.05, 3.63) is 57.7 Å². The molecule has 3 aromatic rings. The average molecular weight is 332 g/mol. The number of fused-ring (bicyclic) bond motifs is 2. The first-order valence-corrected chi connectivity index (χ1v) is 6.98. The number of hydrogen-bond acceptors (Lipinski definition) is 0. The van der Waals surface area contributed by atoms with Crippen LogP contribution >= 0.6 is 22.6 Å². The fraction of sp³-hybridized carbons (Fsp3) is 0.125. The van der Waals surface area contributed by atoms with Crippen molar-refractivity contribution in [1.82, 2.24) is 0 Å². The van der Waals surface area contributed by atoms with Crippen LogP contribution in [0.25, 0.3) is 21.5 Å². The Kier molecular flexibility index (Phi) is 2.79. The fourth-order valence-electron chi connectivity index (χ4n) is 2.55. The topological polar surface area (TPSA) is 0 Å². The molecule has 0 unspecified atom stereocenters. The highest BCUT2D eigenvalue weighted by molar-refractivity contribution is 14.1. The Bertz CT molecular complexity index is 641. The van der Waals surface area contributed by atoms with Gasteiger partial charge in [-0.1, -0.05) is 55.5 Å². The van der Waals surface area contributed by atoms with Crippen molar-refractivity contribution in [2.24, 2.45) is 0 Å².